The summed E-state index contributed by atoms with van der Waals surface area (Å²) in [4.78, 5) is 19.7. The summed E-state index contributed by atoms with van der Waals surface area (Å²) in [5.41, 5.74) is 8.66. The Balaban J connectivity index is 1.79. The molecule has 0 amide bonds. The van der Waals surface area contributed by atoms with Gasteiger partial charge in [0.15, 0.2) is 11.5 Å². The van der Waals surface area contributed by atoms with Gasteiger partial charge in [-0.1, -0.05) is 0 Å². The summed E-state index contributed by atoms with van der Waals surface area (Å²) in [5, 5.41) is 1.66. The number of nitrogens with zero attached hydrogens (tertiary/aromatic N) is 1. The van der Waals surface area contributed by atoms with Crippen LogP contribution in [0, 0.1) is 0 Å². The Morgan fingerprint density at radius 3 is 2.64 bits per heavy atom. The summed E-state index contributed by atoms with van der Waals surface area (Å²) in [6.07, 6.45) is 0.467. The number of hydrogen-bond donors (Lipinski definition) is 2. The Morgan fingerprint density at radius 2 is 1.91 bits per heavy atom. The van der Waals surface area contributed by atoms with Crippen molar-refractivity contribution in [1.29, 1.82) is 0 Å². The minimum absolute atomic E-state index is 0.127. The lowest BCUT2D eigenvalue weighted by molar-refractivity contribution is 0.0705. The smallest absolute Gasteiger partial charge is 0.493 e. The highest BCUT2D eigenvalue weighted by atomic mass is 16.7. The SMILES string of the molecule is COCc1c(OC(=O)OC(C)C)ncc2[nH]c3ccc(Oc4ccc(N)cc4OC)cc3c12. The number of hydrogen-bond acceptors (Lipinski definition) is 8. The Labute approximate surface area is 190 Å². The normalized spacial score (nSPS) is 11.2. The molecule has 0 unspecified atom stereocenters. The Morgan fingerprint density at radius 1 is 1.09 bits per heavy atom. The third kappa shape index (κ3) is 4.63. The summed E-state index contributed by atoms with van der Waals surface area (Å²) in [7, 11) is 3.12. The molecule has 2 aromatic carbocycles. The number of carbonyl (C=O) groups excluding carboxylic acids is 1. The van der Waals surface area contributed by atoms with Gasteiger partial charge in [0.05, 0.1) is 37.1 Å². The van der Waals surface area contributed by atoms with Gasteiger partial charge in [0.1, 0.15) is 5.75 Å². The number of rotatable bonds is 7. The van der Waals surface area contributed by atoms with E-state index in [4.69, 9.17) is 29.4 Å². The van der Waals surface area contributed by atoms with E-state index in [0.29, 0.717) is 28.5 Å². The molecule has 0 radical (unpaired) electrons. The molecule has 4 aromatic rings. The number of aromatic nitrogens is 2. The summed E-state index contributed by atoms with van der Waals surface area (Å²) < 4.78 is 27.3. The van der Waals surface area contributed by atoms with Crippen LogP contribution in [0.4, 0.5) is 10.5 Å². The van der Waals surface area contributed by atoms with Crippen molar-refractivity contribution in [3.05, 3.63) is 48.2 Å². The van der Waals surface area contributed by atoms with Crippen LogP contribution in [0.15, 0.2) is 42.6 Å². The van der Waals surface area contributed by atoms with Crippen molar-refractivity contribution < 1.29 is 28.5 Å². The Bertz CT molecular complexity index is 1310. The number of fused-ring (bicyclic) bond motifs is 3. The van der Waals surface area contributed by atoms with Gasteiger partial charge in [-0.05, 0) is 44.2 Å². The Hall–Kier alpha value is -3.98. The van der Waals surface area contributed by atoms with Gasteiger partial charge in [-0.15, -0.1) is 0 Å². The van der Waals surface area contributed by atoms with Crippen molar-refractivity contribution in [2.45, 2.75) is 26.6 Å². The van der Waals surface area contributed by atoms with Crippen LogP contribution in [-0.4, -0.2) is 36.4 Å². The second kappa shape index (κ2) is 9.25. The van der Waals surface area contributed by atoms with Gasteiger partial charge >= 0.3 is 6.16 Å². The minimum atomic E-state index is -0.825. The molecule has 0 aliphatic carbocycles. The van der Waals surface area contributed by atoms with Crippen molar-refractivity contribution in [2.75, 3.05) is 20.0 Å². The fourth-order valence-electron chi connectivity index (χ4n) is 3.54. The zero-order chi connectivity index (χ0) is 23.5. The first-order chi connectivity index (χ1) is 15.9. The number of nitrogen functional groups attached to an aromatic ring is 1. The quantitative estimate of drug-likeness (QED) is 0.292. The molecule has 0 aliphatic rings. The van der Waals surface area contributed by atoms with Gasteiger partial charge in [-0.25, -0.2) is 9.78 Å². The van der Waals surface area contributed by atoms with Gasteiger partial charge < -0.3 is 34.4 Å². The molecule has 33 heavy (non-hydrogen) atoms. The number of H-pyrrole nitrogens is 1. The first-order valence-corrected chi connectivity index (χ1v) is 10.3. The zero-order valence-corrected chi connectivity index (χ0v) is 18.8. The molecule has 4 rings (SSSR count). The molecule has 2 aromatic heterocycles. The van der Waals surface area contributed by atoms with Crippen molar-refractivity contribution in [2.24, 2.45) is 0 Å². The second-order valence-corrected chi connectivity index (χ2v) is 7.63. The van der Waals surface area contributed by atoms with Crippen molar-refractivity contribution in [3.63, 3.8) is 0 Å². The molecule has 0 saturated carbocycles. The molecule has 0 bridgehead atoms. The summed E-state index contributed by atoms with van der Waals surface area (Å²) >= 11 is 0. The van der Waals surface area contributed by atoms with E-state index in [1.54, 1.807) is 52.5 Å². The molecule has 0 fully saturated rings. The van der Waals surface area contributed by atoms with Gasteiger partial charge in [0, 0.05) is 35.2 Å². The predicted octanol–water partition coefficient (Wildman–Crippen LogP) is 5.17. The topological polar surface area (TPSA) is 118 Å². The van der Waals surface area contributed by atoms with E-state index >= 15 is 0 Å². The summed E-state index contributed by atoms with van der Waals surface area (Å²) in [6.45, 7) is 3.66. The summed E-state index contributed by atoms with van der Waals surface area (Å²) in [5.74, 6) is 1.78. The van der Waals surface area contributed by atoms with E-state index < -0.39 is 6.16 Å². The molecule has 0 saturated heterocycles. The van der Waals surface area contributed by atoms with E-state index in [1.807, 2.05) is 18.2 Å². The third-order valence-corrected chi connectivity index (χ3v) is 4.89. The molecule has 3 N–H and O–H groups in total. The number of ether oxygens (including phenoxy) is 5. The Kier molecular flexibility index (Phi) is 6.23. The van der Waals surface area contributed by atoms with Crippen LogP contribution in [-0.2, 0) is 16.1 Å². The third-order valence-electron chi connectivity index (χ3n) is 4.89. The summed E-state index contributed by atoms with van der Waals surface area (Å²) in [6, 6.07) is 10.8. The average molecular weight is 451 g/mol. The number of aromatic amines is 1. The van der Waals surface area contributed by atoms with Crippen LogP contribution < -0.4 is 19.9 Å². The van der Waals surface area contributed by atoms with Crippen molar-refractivity contribution in [3.8, 4) is 23.1 Å². The van der Waals surface area contributed by atoms with Crippen LogP contribution in [0.5, 0.6) is 23.1 Å². The molecule has 0 spiro atoms. The number of carbonyl (C=O) groups is 1. The maximum atomic E-state index is 12.1. The molecule has 0 atom stereocenters. The molecule has 9 nitrogen and oxygen atoms in total. The molecular weight excluding hydrogens is 426 g/mol. The van der Waals surface area contributed by atoms with Crippen molar-refractivity contribution in [1.82, 2.24) is 9.97 Å². The van der Waals surface area contributed by atoms with Crippen LogP contribution in [0.2, 0.25) is 0 Å². The largest absolute Gasteiger partial charge is 0.515 e. The fraction of sp³-hybridized carbons (Fsp3) is 0.250. The zero-order valence-electron chi connectivity index (χ0n) is 18.8. The van der Waals surface area contributed by atoms with Gasteiger partial charge in [0.25, 0.3) is 0 Å². The van der Waals surface area contributed by atoms with E-state index in [2.05, 4.69) is 9.97 Å². The number of nitrogens with two attached hydrogens (primary N) is 1. The highest BCUT2D eigenvalue weighted by Crippen LogP contribution is 2.38. The lowest BCUT2D eigenvalue weighted by Crippen LogP contribution is -2.17. The van der Waals surface area contributed by atoms with Crippen LogP contribution in [0.25, 0.3) is 21.8 Å². The maximum Gasteiger partial charge on any atom is 0.515 e. The van der Waals surface area contributed by atoms with Crippen LogP contribution in [0.1, 0.15) is 19.4 Å². The van der Waals surface area contributed by atoms with E-state index in [-0.39, 0.29) is 18.6 Å². The fourth-order valence-corrected chi connectivity index (χ4v) is 3.54. The number of anilines is 1. The molecule has 0 aliphatic heterocycles. The van der Waals surface area contributed by atoms with E-state index in [9.17, 15) is 4.79 Å². The number of methoxy groups -OCH3 is 2. The lowest BCUT2D eigenvalue weighted by atomic mass is 10.1. The first kappa shape index (κ1) is 22.2. The molecule has 172 valence electrons. The lowest BCUT2D eigenvalue weighted by Gasteiger charge is -2.12. The number of benzene rings is 2. The monoisotopic (exact) mass is 451 g/mol. The van der Waals surface area contributed by atoms with Gasteiger partial charge in [-0.3, -0.25) is 0 Å². The van der Waals surface area contributed by atoms with Gasteiger partial charge in [-0.2, -0.15) is 0 Å². The molecule has 2 heterocycles. The van der Waals surface area contributed by atoms with E-state index in [1.165, 1.54) is 0 Å². The van der Waals surface area contributed by atoms with Gasteiger partial charge in [0.2, 0.25) is 5.88 Å². The van der Waals surface area contributed by atoms with Crippen molar-refractivity contribution >= 4 is 33.6 Å². The minimum Gasteiger partial charge on any atom is -0.493 e. The van der Waals surface area contributed by atoms with Crippen LogP contribution >= 0.6 is 0 Å². The predicted molar refractivity (Wildman–Crippen MR) is 124 cm³/mol. The number of pyridine rings is 1. The standard InChI is InChI=1S/C24H25N3O6/c1-13(2)31-24(28)33-23-17(12-29-3)22-16-10-15(6-7-18(16)27-19(22)11-26-23)32-20-8-5-14(25)9-21(20)30-4/h5-11,13,27H,12,25H2,1-4H3. The maximum absolute atomic E-state index is 12.1. The molecular formula is C24H25N3O6. The number of nitrogens with one attached hydrogen (secondary N) is 1. The van der Waals surface area contributed by atoms with E-state index in [0.717, 1.165) is 21.8 Å². The molecule has 9 heteroatoms. The highest BCUT2D eigenvalue weighted by molar-refractivity contribution is 6.09. The second-order valence-electron chi connectivity index (χ2n) is 7.63. The first-order valence-electron chi connectivity index (χ1n) is 10.3. The van der Waals surface area contributed by atoms with Crippen LogP contribution in [0.3, 0.4) is 0 Å². The average Bonchev–Trinajstić information content (AvgIpc) is 3.14. The highest BCUT2D eigenvalue weighted by Gasteiger charge is 2.20.